The fourth-order valence-corrected chi connectivity index (χ4v) is 6.15. The number of aromatic amines is 1. The van der Waals surface area contributed by atoms with Gasteiger partial charge in [-0.2, -0.15) is 0 Å². The number of H-pyrrole nitrogens is 1. The van der Waals surface area contributed by atoms with Crippen LogP contribution >= 0.6 is 11.3 Å². The van der Waals surface area contributed by atoms with E-state index in [-0.39, 0.29) is 0 Å². The molecule has 0 aliphatic carbocycles. The van der Waals surface area contributed by atoms with Gasteiger partial charge < -0.3 is 4.98 Å². The highest BCUT2D eigenvalue weighted by Crippen LogP contribution is 2.47. The van der Waals surface area contributed by atoms with Gasteiger partial charge in [0.25, 0.3) is 0 Å². The summed E-state index contributed by atoms with van der Waals surface area (Å²) in [7, 11) is 0. The second-order valence-corrected chi connectivity index (χ2v) is 8.46. The second kappa shape index (κ2) is 5.12. The normalized spacial score (nSPS) is 12.3. The Labute approximate surface area is 164 Å². The Morgan fingerprint density at radius 3 is 2.11 bits per heavy atom. The molecule has 0 spiro atoms. The van der Waals surface area contributed by atoms with Crippen molar-refractivity contribution in [1.82, 2.24) is 4.98 Å². The molecule has 130 valence electrons. The standard InChI is InChI=1S/C26H15NS/c1-2-8-16-15(7-1)13-14-20-23-24-22(19-11-5-6-12-21(19)27-24)17-9-3-4-10-18(17)26(23)28-25(16)20/h1-14,27H. The van der Waals surface area contributed by atoms with E-state index < -0.39 is 0 Å². The van der Waals surface area contributed by atoms with Crippen molar-refractivity contribution in [1.29, 1.82) is 0 Å². The van der Waals surface area contributed by atoms with E-state index in [0.29, 0.717) is 0 Å². The number of benzene rings is 5. The van der Waals surface area contributed by atoms with E-state index in [4.69, 9.17) is 0 Å². The van der Waals surface area contributed by atoms with Crippen LogP contribution in [0.25, 0.3) is 63.5 Å². The zero-order chi connectivity index (χ0) is 18.2. The van der Waals surface area contributed by atoms with Crippen molar-refractivity contribution in [2.75, 3.05) is 0 Å². The average molecular weight is 373 g/mol. The van der Waals surface area contributed by atoms with E-state index in [2.05, 4.69) is 89.9 Å². The van der Waals surface area contributed by atoms with Crippen molar-refractivity contribution in [3.63, 3.8) is 0 Å². The molecule has 0 aliphatic heterocycles. The summed E-state index contributed by atoms with van der Waals surface area (Å²) in [5, 5.41) is 10.7. The van der Waals surface area contributed by atoms with Crippen molar-refractivity contribution >= 4 is 74.9 Å². The highest BCUT2D eigenvalue weighted by molar-refractivity contribution is 7.27. The molecule has 0 amide bonds. The average Bonchev–Trinajstić information content (AvgIpc) is 3.33. The van der Waals surface area contributed by atoms with Crippen molar-refractivity contribution in [2.24, 2.45) is 0 Å². The third-order valence-electron chi connectivity index (χ3n) is 5.98. The minimum Gasteiger partial charge on any atom is -0.354 e. The lowest BCUT2D eigenvalue weighted by molar-refractivity contribution is 1.57. The summed E-state index contributed by atoms with van der Waals surface area (Å²) in [4.78, 5) is 3.75. The fourth-order valence-electron chi connectivity index (χ4n) is 4.77. The number of nitrogens with one attached hydrogen (secondary N) is 1. The maximum atomic E-state index is 3.75. The van der Waals surface area contributed by atoms with Gasteiger partial charge in [-0.05, 0) is 22.2 Å². The van der Waals surface area contributed by atoms with E-state index in [1.807, 2.05) is 11.3 Å². The molecule has 28 heavy (non-hydrogen) atoms. The van der Waals surface area contributed by atoms with Gasteiger partial charge in [-0.15, -0.1) is 11.3 Å². The van der Waals surface area contributed by atoms with Gasteiger partial charge in [0.15, 0.2) is 0 Å². The molecule has 5 aromatic carbocycles. The predicted molar refractivity (Wildman–Crippen MR) is 124 cm³/mol. The van der Waals surface area contributed by atoms with Crippen LogP contribution in [-0.2, 0) is 0 Å². The summed E-state index contributed by atoms with van der Waals surface area (Å²) in [5.41, 5.74) is 2.46. The Bertz CT molecular complexity index is 1720. The summed E-state index contributed by atoms with van der Waals surface area (Å²) >= 11 is 1.93. The van der Waals surface area contributed by atoms with E-state index in [1.165, 1.54) is 63.5 Å². The molecule has 1 N–H and O–H groups in total. The van der Waals surface area contributed by atoms with Crippen LogP contribution in [0.2, 0.25) is 0 Å². The Balaban J connectivity index is 1.88. The van der Waals surface area contributed by atoms with Gasteiger partial charge in [-0.25, -0.2) is 0 Å². The van der Waals surface area contributed by atoms with Gasteiger partial charge in [-0.1, -0.05) is 78.9 Å². The van der Waals surface area contributed by atoms with Gasteiger partial charge in [0.05, 0.1) is 5.52 Å². The summed E-state index contributed by atoms with van der Waals surface area (Å²) in [6.45, 7) is 0. The van der Waals surface area contributed by atoms with Gasteiger partial charge in [0, 0.05) is 41.8 Å². The maximum absolute atomic E-state index is 3.75. The molecule has 7 aromatic rings. The van der Waals surface area contributed by atoms with E-state index >= 15 is 0 Å². The van der Waals surface area contributed by atoms with Crippen LogP contribution in [0.15, 0.2) is 84.9 Å². The number of thiophene rings is 1. The first kappa shape index (κ1) is 14.7. The van der Waals surface area contributed by atoms with E-state index in [0.717, 1.165) is 0 Å². The van der Waals surface area contributed by atoms with Crippen molar-refractivity contribution in [3.8, 4) is 0 Å². The molecule has 0 saturated carbocycles. The van der Waals surface area contributed by atoms with E-state index in [9.17, 15) is 0 Å². The molecule has 2 heterocycles. The lowest BCUT2D eigenvalue weighted by Gasteiger charge is -2.04. The zero-order valence-corrected chi connectivity index (χ0v) is 15.8. The quantitative estimate of drug-likeness (QED) is 0.277. The van der Waals surface area contributed by atoms with Crippen LogP contribution in [0, 0.1) is 0 Å². The summed E-state index contributed by atoms with van der Waals surface area (Å²) in [6.07, 6.45) is 0. The van der Waals surface area contributed by atoms with Crippen LogP contribution in [0.1, 0.15) is 0 Å². The molecule has 0 aliphatic rings. The Hall–Kier alpha value is -3.36. The molecule has 1 nitrogen and oxygen atoms in total. The molecule has 2 heteroatoms. The maximum Gasteiger partial charge on any atom is 0.0565 e. The molecule has 0 saturated heterocycles. The first-order chi connectivity index (χ1) is 13.9. The third kappa shape index (κ3) is 1.71. The van der Waals surface area contributed by atoms with Crippen molar-refractivity contribution in [2.45, 2.75) is 0 Å². The number of rotatable bonds is 0. The Morgan fingerprint density at radius 2 is 1.21 bits per heavy atom. The number of para-hydroxylation sites is 1. The summed E-state index contributed by atoms with van der Waals surface area (Å²) in [5.74, 6) is 0. The van der Waals surface area contributed by atoms with Gasteiger partial charge in [0.2, 0.25) is 0 Å². The first-order valence-corrected chi connectivity index (χ1v) is 10.4. The van der Waals surface area contributed by atoms with Crippen LogP contribution in [0.5, 0.6) is 0 Å². The number of fused-ring (bicyclic) bond motifs is 12. The molecule has 0 unspecified atom stereocenters. The smallest absolute Gasteiger partial charge is 0.0565 e. The van der Waals surface area contributed by atoms with E-state index in [1.54, 1.807) is 0 Å². The van der Waals surface area contributed by atoms with Gasteiger partial charge >= 0.3 is 0 Å². The van der Waals surface area contributed by atoms with Crippen LogP contribution in [0.4, 0.5) is 0 Å². The number of hydrogen-bond acceptors (Lipinski definition) is 1. The number of hydrogen-bond donors (Lipinski definition) is 1. The van der Waals surface area contributed by atoms with Crippen LogP contribution < -0.4 is 0 Å². The minimum absolute atomic E-state index is 1.20. The molecule has 0 atom stereocenters. The Morgan fingerprint density at radius 1 is 0.500 bits per heavy atom. The molecule has 0 fully saturated rings. The molecule has 2 aromatic heterocycles. The molecular weight excluding hydrogens is 358 g/mol. The highest BCUT2D eigenvalue weighted by Gasteiger charge is 2.18. The van der Waals surface area contributed by atoms with Gasteiger partial charge in [0.1, 0.15) is 0 Å². The van der Waals surface area contributed by atoms with Crippen molar-refractivity contribution in [3.05, 3.63) is 84.9 Å². The Kier molecular flexibility index (Phi) is 2.68. The largest absolute Gasteiger partial charge is 0.354 e. The fraction of sp³-hybridized carbons (Fsp3) is 0. The van der Waals surface area contributed by atoms with Crippen LogP contribution in [0.3, 0.4) is 0 Å². The monoisotopic (exact) mass is 373 g/mol. The van der Waals surface area contributed by atoms with Crippen molar-refractivity contribution < 1.29 is 0 Å². The summed E-state index contributed by atoms with van der Waals surface area (Å²) in [6, 6.07) is 30.8. The third-order valence-corrected chi connectivity index (χ3v) is 7.25. The second-order valence-electron chi connectivity index (χ2n) is 7.44. The first-order valence-electron chi connectivity index (χ1n) is 9.55. The molecule has 7 rings (SSSR count). The lowest BCUT2D eigenvalue weighted by atomic mass is 9.99. The lowest BCUT2D eigenvalue weighted by Crippen LogP contribution is -1.78. The summed E-state index contributed by atoms with van der Waals surface area (Å²) < 4.78 is 2.76. The topological polar surface area (TPSA) is 15.8 Å². The molecule has 0 radical (unpaired) electrons. The SMILES string of the molecule is c1ccc2c(c1)ccc1c2sc2c3ccccc3c3c4ccccc4[nH]c3c12. The van der Waals surface area contributed by atoms with Gasteiger partial charge in [-0.3, -0.25) is 0 Å². The highest BCUT2D eigenvalue weighted by atomic mass is 32.1. The molecule has 0 bridgehead atoms. The predicted octanol–water partition coefficient (Wildman–Crippen LogP) is 8.00. The molecular formula is C26H15NS. The number of aromatic nitrogens is 1. The minimum atomic E-state index is 1.20. The zero-order valence-electron chi connectivity index (χ0n) is 15.0. The van der Waals surface area contributed by atoms with Crippen LogP contribution in [-0.4, -0.2) is 4.98 Å².